The summed E-state index contributed by atoms with van der Waals surface area (Å²) in [6.07, 6.45) is 1.44. The summed E-state index contributed by atoms with van der Waals surface area (Å²) in [4.78, 5) is 10.9. The minimum absolute atomic E-state index is 0.0161. The highest BCUT2D eigenvalue weighted by molar-refractivity contribution is 7.89. The molecule has 0 saturated carbocycles. The molecule has 1 aromatic heterocycles. The molecule has 8 nitrogen and oxygen atoms in total. The molecule has 1 aromatic carbocycles. The van der Waals surface area contributed by atoms with E-state index < -0.39 is 15.9 Å². The number of H-pyrrole nitrogens is 1. The van der Waals surface area contributed by atoms with E-state index in [1.54, 1.807) is 0 Å². The zero-order valence-corrected chi connectivity index (χ0v) is 11.1. The third-order valence-electron chi connectivity index (χ3n) is 2.65. The number of rotatable bonds is 5. The summed E-state index contributed by atoms with van der Waals surface area (Å²) < 4.78 is 26.4. The molecule has 0 spiro atoms. The monoisotopic (exact) mass is 295 g/mol. The minimum atomic E-state index is -3.69. The summed E-state index contributed by atoms with van der Waals surface area (Å²) in [5, 5.41) is 6.20. The van der Waals surface area contributed by atoms with Crippen molar-refractivity contribution in [2.45, 2.75) is 11.4 Å². The van der Waals surface area contributed by atoms with Crippen LogP contribution in [0.25, 0.3) is 0 Å². The Kier molecular flexibility index (Phi) is 3.72. The summed E-state index contributed by atoms with van der Waals surface area (Å²) >= 11 is 0. The van der Waals surface area contributed by atoms with Crippen molar-refractivity contribution in [2.24, 2.45) is 5.73 Å². The number of primary amides is 1. The number of anilines is 1. The molecule has 0 fully saturated rings. The number of nitrogens with one attached hydrogen (secondary N) is 2. The second-order valence-electron chi connectivity index (χ2n) is 4.02. The van der Waals surface area contributed by atoms with Gasteiger partial charge in [-0.2, -0.15) is 5.10 Å². The number of carbonyl (C=O) groups is 1. The number of aromatic amines is 1. The van der Waals surface area contributed by atoms with Gasteiger partial charge < -0.3 is 11.5 Å². The highest BCUT2D eigenvalue weighted by Crippen LogP contribution is 2.12. The van der Waals surface area contributed by atoms with Gasteiger partial charge in [-0.3, -0.25) is 9.89 Å². The first kappa shape index (κ1) is 14.0. The number of aromatic nitrogens is 2. The van der Waals surface area contributed by atoms with Crippen molar-refractivity contribution < 1.29 is 13.2 Å². The van der Waals surface area contributed by atoms with E-state index in [1.807, 2.05) is 0 Å². The van der Waals surface area contributed by atoms with Crippen molar-refractivity contribution in [3.05, 3.63) is 41.6 Å². The van der Waals surface area contributed by atoms with Crippen LogP contribution in [0.4, 0.5) is 5.82 Å². The van der Waals surface area contributed by atoms with Crippen molar-refractivity contribution in [2.75, 3.05) is 5.73 Å². The third kappa shape index (κ3) is 2.95. The van der Waals surface area contributed by atoms with Crippen molar-refractivity contribution >= 4 is 21.7 Å². The average molecular weight is 295 g/mol. The van der Waals surface area contributed by atoms with E-state index in [0.29, 0.717) is 11.4 Å². The number of sulfonamides is 1. The lowest BCUT2D eigenvalue weighted by atomic mass is 10.2. The summed E-state index contributed by atoms with van der Waals surface area (Å²) in [5.41, 5.74) is 11.4. The smallest absolute Gasteiger partial charge is 0.248 e. The number of amides is 1. The Hall–Kier alpha value is -2.39. The number of carbonyl (C=O) groups excluding carboxylic acids is 1. The van der Waals surface area contributed by atoms with Gasteiger partial charge in [-0.25, -0.2) is 13.1 Å². The molecule has 2 aromatic rings. The summed E-state index contributed by atoms with van der Waals surface area (Å²) in [7, 11) is -3.69. The molecule has 0 atom stereocenters. The normalized spacial score (nSPS) is 11.4. The molecule has 0 bridgehead atoms. The zero-order chi connectivity index (χ0) is 14.8. The van der Waals surface area contributed by atoms with E-state index in [-0.39, 0.29) is 17.0 Å². The third-order valence-corrected chi connectivity index (χ3v) is 4.07. The van der Waals surface area contributed by atoms with Gasteiger partial charge in [0.1, 0.15) is 5.82 Å². The van der Waals surface area contributed by atoms with Crippen LogP contribution in [0, 0.1) is 0 Å². The van der Waals surface area contributed by atoms with Gasteiger partial charge in [-0.05, 0) is 24.3 Å². The van der Waals surface area contributed by atoms with E-state index in [9.17, 15) is 13.2 Å². The van der Waals surface area contributed by atoms with Gasteiger partial charge in [0.05, 0.1) is 11.1 Å². The van der Waals surface area contributed by atoms with E-state index >= 15 is 0 Å². The molecule has 1 amide bonds. The highest BCUT2D eigenvalue weighted by atomic mass is 32.2. The molecule has 0 aliphatic carbocycles. The largest absolute Gasteiger partial charge is 0.384 e. The van der Waals surface area contributed by atoms with Crippen molar-refractivity contribution in [3.63, 3.8) is 0 Å². The lowest BCUT2D eigenvalue weighted by molar-refractivity contribution is 0.1000. The van der Waals surface area contributed by atoms with E-state index in [4.69, 9.17) is 11.5 Å². The number of nitrogens with two attached hydrogens (primary N) is 2. The van der Waals surface area contributed by atoms with E-state index in [0.717, 1.165) is 0 Å². The maximum absolute atomic E-state index is 12.0. The molecule has 9 heteroatoms. The molecule has 0 radical (unpaired) electrons. The second-order valence-corrected chi connectivity index (χ2v) is 5.79. The summed E-state index contributed by atoms with van der Waals surface area (Å²) in [5.74, 6) is -0.315. The fourth-order valence-electron chi connectivity index (χ4n) is 1.52. The highest BCUT2D eigenvalue weighted by Gasteiger charge is 2.15. The first-order chi connectivity index (χ1) is 9.40. The number of hydrogen-bond donors (Lipinski definition) is 4. The predicted octanol–water partition coefficient (Wildman–Crippen LogP) is -0.431. The van der Waals surface area contributed by atoms with Gasteiger partial charge in [0.2, 0.25) is 15.9 Å². The van der Waals surface area contributed by atoms with E-state index in [1.165, 1.54) is 30.5 Å². The van der Waals surface area contributed by atoms with Crippen molar-refractivity contribution in [1.29, 1.82) is 0 Å². The predicted molar refractivity (Wildman–Crippen MR) is 72.0 cm³/mol. The Morgan fingerprint density at radius 2 is 1.95 bits per heavy atom. The maximum Gasteiger partial charge on any atom is 0.248 e. The lowest BCUT2D eigenvalue weighted by Crippen LogP contribution is -2.23. The molecule has 20 heavy (non-hydrogen) atoms. The van der Waals surface area contributed by atoms with Gasteiger partial charge in [0.25, 0.3) is 0 Å². The second kappa shape index (κ2) is 5.31. The standard InChI is InChI=1S/C11H13N5O3S/c12-10-8(5-14-16-10)6-15-20(18,19)9-3-1-7(2-4-9)11(13)17/h1-5,15H,6H2,(H2,13,17)(H3,12,14,16). The van der Waals surface area contributed by atoms with Gasteiger partial charge in [-0.15, -0.1) is 0 Å². The van der Waals surface area contributed by atoms with E-state index in [2.05, 4.69) is 14.9 Å². The number of nitrogens with zero attached hydrogens (tertiary/aromatic N) is 1. The Bertz CT molecular complexity index is 721. The van der Waals surface area contributed by atoms with Gasteiger partial charge in [0, 0.05) is 17.7 Å². The lowest BCUT2D eigenvalue weighted by Gasteiger charge is -2.06. The van der Waals surface area contributed by atoms with Crippen LogP contribution in [0.1, 0.15) is 15.9 Å². The maximum atomic E-state index is 12.0. The van der Waals surface area contributed by atoms with Crippen molar-refractivity contribution in [3.8, 4) is 0 Å². The molecule has 0 aliphatic rings. The fraction of sp³-hybridized carbons (Fsp3) is 0.0909. The Morgan fingerprint density at radius 1 is 1.30 bits per heavy atom. The molecule has 1 heterocycles. The number of nitrogen functional groups attached to an aromatic ring is 1. The van der Waals surface area contributed by atoms with Crippen LogP contribution in [0.3, 0.4) is 0 Å². The van der Waals surface area contributed by atoms with Crippen LogP contribution >= 0.6 is 0 Å². The molecule has 106 valence electrons. The SMILES string of the molecule is NC(=O)c1ccc(S(=O)(=O)NCc2cn[nH]c2N)cc1. The molecule has 0 aliphatic heterocycles. The van der Waals surface area contributed by atoms with Crippen molar-refractivity contribution in [1.82, 2.24) is 14.9 Å². The molecule has 0 unspecified atom stereocenters. The summed E-state index contributed by atoms with van der Waals surface area (Å²) in [6, 6.07) is 5.31. The van der Waals surface area contributed by atoms with Crippen LogP contribution in [0.2, 0.25) is 0 Å². The first-order valence-electron chi connectivity index (χ1n) is 5.57. The Balaban J connectivity index is 2.14. The molecule has 0 saturated heterocycles. The first-order valence-corrected chi connectivity index (χ1v) is 7.06. The van der Waals surface area contributed by atoms with Crippen LogP contribution in [0.15, 0.2) is 35.4 Å². The average Bonchev–Trinajstić information content (AvgIpc) is 2.82. The van der Waals surface area contributed by atoms with Crippen LogP contribution < -0.4 is 16.2 Å². The number of benzene rings is 1. The van der Waals surface area contributed by atoms with Crippen LogP contribution in [-0.2, 0) is 16.6 Å². The van der Waals surface area contributed by atoms with Crippen LogP contribution in [-0.4, -0.2) is 24.5 Å². The quantitative estimate of drug-likeness (QED) is 0.591. The fourth-order valence-corrected chi connectivity index (χ4v) is 2.52. The summed E-state index contributed by atoms with van der Waals surface area (Å²) in [6.45, 7) is 0.0161. The van der Waals surface area contributed by atoms with Crippen LogP contribution in [0.5, 0.6) is 0 Å². The minimum Gasteiger partial charge on any atom is -0.384 e. The zero-order valence-electron chi connectivity index (χ0n) is 10.3. The molecular weight excluding hydrogens is 282 g/mol. The topological polar surface area (TPSA) is 144 Å². The van der Waals surface area contributed by atoms with Gasteiger partial charge in [0.15, 0.2) is 0 Å². The molecule has 6 N–H and O–H groups in total. The van der Waals surface area contributed by atoms with Gasteiger partial charge >= 0.3 is 0 Å². The Morgan fingerprint density at radius 3 is 2.45 bits per heavy atom. The Labute approximate surface area is 115 Å². The number of hydrogen-bond acceptors (Lipinski definition) is 5. The van der Waals surface area contributed by atoms with Gasteiger partial charge in [-0.1, -0.05) is 0 Å². The molecule has 2 rings (SSSR count). The molecular formula is C11H13N5O3S.